The molecule has 3 rings (SSSR count). The maximum absolute atomic E-state index is 13.0. The van der Waals surface area contributed by atoms with E-state index in [4.69, 9.17) is 0 Å². The van der Waals surface area contributed by atoms with E-state index in [1.807, 2.05) is 44.3 Å². The molecule has 1 N–H and O–H groups in total. The van der Waals surface area contributed by atoms with Gasteiger partial charge in [0.05, 0.1) is 5.69 Å². The number of carbonyl (C=O) groups is 1. The Bertz CT molecular complexity index is 706. The van der Waals surface area contributed by atoms with Crippen LogP contribution in [0.5, 0.6) is 0 Å². The molecular weight excluding hydrogens is 356 g/mol. The molecule has 1 amide bonds. The third-order valence-corrected chi connectivity index (χ3v) is 4.67. The number of hydrogen-bond donors (Lipinski definition) is 1. The number of likely N-dealkylation sites (tertiary alicyclic amines) is 1. The molecule has 23 heavy (non-hydrogen) atoms. The predicted octanol–water partition coefficient (Wildman–Crippen LogP) is 3.27. The molecule has 2 heterocycles. The molecule has 0 unspecified atom stereocenters. The summed E-state index contributed by atoms with van der Waals surface area (Å²) >= 11 is 3.51. The van der Waals surface area contributed by atoms with Crippen molar-refractivity contribution in [3.05, 3.63) is 46.1 Å². The summed E-state index contributed by atoms with van der Waals surface area (Å²) in [5.41, 5.74) is 1.90. The minimum atomic E-state index is -0.273. The standard InChI is InChI=1S/C17H21BrN4O/c1-12-10-15(21(2)20-12)19-17(23)16(22-8-3-4-9-22)13-6-5-7-14(18)11-13/h5-7,10-11,16H,3-4,8-9H2,1-2H3,(H,19,23)/t16-/m0/s1. The molecule has 0 aliphatic carbocycles. The molecular formula is C17H21BrN4O. The van der Waals surface area contributed by atoms with Crippen LogP contribution < -0.4 is 5.32 Å². The third kappa shape index (κ3) is 3.64. The van der Waals surface area contributed by atoms with Gasteiger partial charge in [0.15, 0.2) is 0 Å². The summed E-state index contributed by atoms with van der Waals surface area (Å²) < 4.78 is 2.69. The fraction of sp³-hybridized carbons (Fsp3) is 0.412. The van der Waals surface area contributed by atoms with Crippen molar-refractivity contribution in [3.8, 4) is 0 Å². The number of amides is 1. The molecule has 0 saturated carbocycles. The SMILES string of the molecule is Cc1cc(NC(=O)[C@H](c2cccc(Br)c2)N2CCCC2)n(C)n1. The maximum Gasteiger partial charge on any atom is 0.247 e. The van der Waals surface area contributed by atoms with Crippen LogP contribution in [0.4, 0.5) is 5.82 Å². The fourth-order valence-corrected chi connectivity index (χ4v) is 3.54. The number of aryl methyl sites for hydroxylation is 2. The molecule has 0 spiro atoms. The lowest BCUT2D eigenvalue weighted by Crippen LogP contribution is -2.35. The summed E-state index contributed by atoms with van der Waals surface area (Å²) in [7, 11) is 1.84. The van der Waals surface area contributed by atoms with Crippen LogP contribution in [0.3, 0.4) is 0 Å². The van der Waals surface area contributed by atoms with Crippen LogP contribution in [0.15, 0.2) is 34.8 Å². The fourth-order valence-electron chi connectivity index (χ4n) is 3.13. The Hall–Kier alpha value is -1.66. The number of aromatic nitrogens is 2. The second-order valence-electron chi connectivity index (χ2n) is 5.98. The maximum atomic E-state index is 13.0. The van der Waals surface area contributed by atoms with E-state index in [1.54, 1.807) is 4.68 Å². The predicted molar refractivity (Wildman–Crippen MR) is 94.3 cm³/mol. The quantitative estimate of drug-likeness (QED) is 0.890. The Morgan fingerprint density at radius 1 is 1.30 bits per heavy atom. The third-order valence-electron chi connectivity index (χ3n) is 4.17. The number of rotatable bonds is 4. The molecule has 1 saturated heterocycles. The molecule has 122 valence electrons. The number of carbonyl (C=O) groups excluding carboxylic acids is 1. The number of benzene rings is 1. The van der Waals surface area contributed by atoms with Crippen LogP contribution in [-0.2, 0) is 11.8 Å². The summed E-state index contributed by atoms with van der Waals surface area (Å²) in [6.45, 7) is 3.83. The number of nitrogens with one attached hydrogen (secondary N) is 1. The average molecular weight is 377 g/mol. The van der Waals surface area contributed by atoms with Crippen molar-refractivity contribution in [2.45, 2.75) is 25.8 Å². The van der Waals surface area contributed by atoms with Gasteiger partial charge in [-0.3, -0.25) is 14.4 Å². The van der Waals surface area contributed by atoms with Crippen LogP contribution in [0.2, 0.25) is 0 Å². The first-order valence-corrected chi connectivity index (χ1v) is 8.65. The van der Waals surface area contributed by atoms with Crippen LogP contribution in [0.1, 0.15) is 30.1 Å². The zero-order chi connectivity index (χ0) is 16.4. The Morgan fingerprint density at radius 3 is 2.65 bits per heavy atom. The molecule has 1 fully saturated rings. The Balaban J connectivity index is 1.88. The molecule has 0 bridgehead atoms. The van der Waals surface area contributed by atoms with Crippen LogP contribution >= 0.6 is 15.9 Å². The van der Waals surface area contributed by atoms with E-state index in [2.05, 4.69) is 31.2 Å². The van der Waals surface area contributed by atoms with E-state index in [9.17, 15) is 4.79 Å². The first kappa shape index (κ1) is 16.2. The molecule has 6 heteroatoms. The van der Waals surface area contributed by atoms with E-state index >= 15 is 0 Å². The first-order valence-electron chi connectivity index (χ1n) is 7.85. The smallest absolute Gasteiger partial charge is 0.247 e. The molecule has 1 aromatic heterocycles. The second kappa shape index (κ2) is 6.84. The number of halogens is 1. The van der Waals surface area contributed by atoms with Gasteiger partial charge in [0.2, 0.25) is 5.91 Å². The van der Waals surface area contributed by atoms with Crippen LogP contribution in [0.25, 0.3) is 0 Å². The summed E-state index contributed by atoms with van der Waals surface area (Å²) in [5, 5.41) is 7.32. The summed E-state index contributed by atoms with van der Waals surface area (Å²) in [4.78, 5) is 15.2. The largest absolute Gasteiger partial charge is 0.309 e. The lowest BCUT2D eigenvalue weighted by atomic mass is 10.0. The van der Waals surface area contributed by atoms with E-state index in [-0.39, 0.29) is 11.9 Å². The van der Waals surface area contributed by atoms with Gasteiger partial charge >= 0.3 is 0 Å². The first-order chi connectivity index (χ1) is 11.0. The molecule has 1 aliphatic rings. The minimum absolute atomic E-state index is 0.00648. The highest BCUT2D eigenvalue weighted by Crippen LogP contribution is 2.28. The van der Waals surface area contributed by atoms with Gasteiger partial charge in [-0.1, -0.05) is 28.1 Å². The normalized spacial score (nSPS) is 16.5. The van der Waals surface area contributed by atoms with Crippen LogP contribution in [0, 0.1) is 6.92 Å². The molecule has 1 aromatic carbocycles. The molecule has 1 atom stereocenters. The zero-order valence-electron chi connectivity index (χ0n) is 13.4. The Morgan fingerprint density at radius 2 is 2.04 bits per heavy atom. The van der Waals surface area contributed by atoms with Crippen LogP contribution in [-0.4, -0.2) is 33.7 Å². The van der Waals surface area contributed by atoms with E-state index in [0.29, 0.717) is 0 Å². The lowest BCUT2D eigenvalue weighted by Gasteiger charge is -2.27. The highest BCUT2D eigenvalue weighted by molar-refractivity contribution is 9.10. The molecule has 2 aromatic rings. The van der Waals surface area contributed by atoms with E-state index in [0.717, 1.165) is 47.5 Å². The number of anilines is 1. The van der Waals surface area contributed by atoms with Crippen molar-refractivity contribution >= 4 is 27.7 Å². The van der Waals surface area contributed by atoms with Gasteiger partial charge in [-0.15, -0.1) is 0 Å². The molecule has 5 nitrogen and oxygen atoms in total. The number of nitrogens with zero attached hydrogens (tertiary/aromatic N) is 3. The van der Waals surface area contributed by atoms with E-state index < -0.39 is 0 Å². The highest BCUT2D eigenvalue weighted by Gasteiger charge is 2.30. The Labute approximate surface area is 144 Å². The highest BCUT2D eigenvalue weighted by atomic mass is 79.9. The van der Waals surface area contributed by atoms with Gasteiger partial charge in [-0.05, 0) is 50.6 Å². The molecule has 0 radical (unpaired) electrons. The second-order valence-corrected chi connectivity index (χ2v) is 6.90. The van der Waals surface area contributed by atoms with Crippen molar-refractivity contribution < 1.29 is 4.79 Å². The minimum Gasteiger partial charge on any atom is -0.309 e. The summed E-state index contributed by atoms with van der Waals surface area (Å²) in [6, 6.07) is 9.61. The van der Waals surface area contributed by atoms with Crippen molar-refractivity contribution in [2.24, 2.45) is 7.05 Å². The van der Waals surface area contributed by atoms with E-state index in [1.165, 1.54) is 0 Å². The van der Waals surface area contributed by atoms with Gasteiger partial charge in [0.1, 0.15) is 11.9 Å². The van der Waals surface area contributed by atoms with Crippen molar-refractivity contribution in [2.75, 3.05) is 18.4 Å². The van der Waals surface area contributed by atoms with Gasteiger partial charge in [0.25, 0.3) is 0 Å². The van der Waals surface area contributed by atoms with Gasteiger partial charge < -0.3 is 5.32 Å². The Kier molecular flexibility index (Phi) is 4.82. The van der Waals surface area contributed by atoms with Crippen molar-refractivity contribution in [1.29, 1.82) is 0 Å². The monoisotopic (exact) mass is 376 g/mol. The van der Waals surface area contributed by atoms with Gasteiger partial charge in [-0.25, -0.2) is 0 Å². The summed E-state index contributed by atoms with van der Waals surface area (Å²) in [5.74, 6) is 0.722. The van der Waals surface area contributed by atoms with Gasteiger partial charge in [0, 0.05) is 17.6 Å². The zero-order valence-corrected chi connectivity index (χ0v) is 15.0. The topological polar surface area (TPSA) is 50.2 Å². The van der Waals surface area contributed by atoms with Gasteiger partial charge in [-0.2, -0.15) is 5.10 Å². The van der Waals surface area contributed by atoms with Crippen molar-refractivity contribution in [3.63, 3.8) is 0 Å². The molecule has 1 aliphatic heterocycles. The lowest BCUT2D eigenvalue weighted by molar-refractivity contribution is -0.121. The number of hydrogen-bond acceptors (Lipinski definition) is 3. The van der Waals surface area contributed by atoms with Crippen molar-refractivity contribution in [1.82, 2.24) is 14.7 Å². The summed E-state index contributed by atoms with van der Waals surface area (Å²) in [6.07, 6.45) is 2.28. The average Bonchev–Trinajstić information content (AvgIpc) is 3.10.